The maximum Gasteiger partial charge on any atom is 1.00 e. The van der Waals surface area contributed by atoms with E-state index >= 15 is 0 Å². The topological polar surface area (TPSA) is 79.0 Å². The van der Waals surface area contributed by atoms with Crippen LogP contribution in [0.1, 0.15) is 130 Å². The van der Waals surface area contributed by atoms with Crippen LogP contribution in [0.4, 0.5) is 0 Å². The van der Waals surface area contributed by atoms with Crippen molar-refractivity contribution in [3.8, 4) is 0 Å². The van der Waals surface area contributed by atoms with E-state index in [-0.39, 0.29) is 40.7 Å². The Morgan fingerprint density at radius 2 is 1.12 bits per heavy atom. The van der Waals surface area contributed by atoms with Crippen LogP contribution >= 0.6 is 0 Å². The van der Waals surface area contributed by atoms with Crippen molar-refractivity contribution >= 4 is 11.9 Å². The van der Waals surface area contributed by atoms with Crippen molar-refractivity contribution in [1.29, 1.82) is 0 Å². The van der Waals surface area contributed by atoms with Crippen molar-refractivity contribution < 1.29 is 53.7 Å². The van der Waals surface area contributed by atoms with Gasteiger partial charge in [0.1, 0.15) is 0 Å². The molecule has 0 aromatic heterocycles. The fourth-order valence-corrected chi connectivity index (χ4v) is 3.73. The molecule has 0 N–H and O–H groups in total. The third kappa shape index (κ3) is 19.4. The Morgan fingerprint density at radius 3 is 1.50 bits per heavy atom. The molecule has 1 aliphatic heterocycles. The molecule has 1 saturated heterocycles. The first-order chi connectivity index (χ1) is 16.2. The fraction of sp³-hybridized carbons (Fsp3) is 0.714. The largest absolute Gasteiger partial charge is 1.00 e. The quantitative estimate of drug-likeness (QED) is 0.130. The average Bonchev–Trinajstić information content (AvgIpc) is 3.70. The molecular weight excluding hydrogens is 439 g/mol. The van der Waals surface area contributed by atoms with Crippen LogP contribution in [0.3, 0.4) is 0 Å². The van der Waals surface area contributed by atoms with Crippen LogP contribution in [0, 0.1) is 0 Å². The SMILES string of the molecule is C1CO1.CCCCCCCCCCCCCCCCCCOC(=O)c1ccccc1C(=O)[O-].[Na+]. The van der Waals surface area contributed by atoms with Crippen molar-refractivity contribution in [3.05, 3.63) is 35.4 Å². The van der Waals surface area contributed by atoms with Gasteiger partial charge in [-0.15, -0.1) is 0 Å². The number of epoxide rings is 1. The molecule has 1 heterocycles. The number of carbonyl (C=O) groups is 2. The van der Waals surface area contributed by atoms with Crippen molar-refractivity contribution in [2.45, 2.75) is 110 Å². The maximum absolute atomic E-state index is 12.0. The third-order valence-corrected chi connectivity index (χ3v) is 5.80. The minimum Gasteiger partial charge on any atom is -0.545 e. The number of ether oxygens (including phenoxy) is 2. The normalized spacial score (nSPS) is 11.7. The van der Waals surface area contributed by atoms with Gasteiger partial charge < -0.3 is 19.4 Å². The Morgan fingerprint density at radius 1 is 0.735 bits per heavy atom. The van der Waals surface area contributed by atoms with Crippen molar-refractivity contribution in [3.63, 3.8) is 0 Å². The molecule has 2 rings (SSSR count). The van der Waals surface area contributed by atoms with Gasteiger partial charge in [-0.2, -0.15) is 0 Å². The molecule has 0 atom stereocenters. The number of carboxylic acid groups (broad SMARTS) is 1. The number of carboxylic acids is 1. The predicted octanol–water partition coefficient (Wildman–Crippen LogP) is 3.49. The van der Waals surface area contributed by atoms with Crippen LogP contribution in [0.25, 0.3) is 0 Å². The fourth-order valence-electron chi connectivity index (χ4n) is 3.73. The van der Waals surface area contributed by atoms with Gasteiger partial charge in [0.25, 0.3) is 0 Å². The van der Waals surface area contributed by atoms with Gasteiger partial charge in [0, 0.05) is 5.56 Å². The Hall–Kier alpha value is -0.880. The first-order valence-electron chi connectivity index (χ1n) is 13.2. The standard InChI is InChI=1S/C26H42O4.C2H4O.Na/c1-2-3-4-5-6-7-8-9-10-11-12-13-14-15-16-19-22-30-26(29)24-21-18-17-20-23(24)25(27)28;1-2-3-1;/h17-18,20-21H,2-16,19,22H2,1H3,(H,27,28);1-2H2;/q;;+1/p-1. The first-order valence-corrected chi connectivity index (χ1v) is 13.2. The average molecular weight is 485 g/mol. The maximum atomic E-state index is 12.0. The summed E-state index contributed by atoms with van der Waals surface area (Å²) in [6, 6.07) is 6.01. The van der Waals surface area contributed by atoms with E-state index in [9.17, 15) is 14.7 Å². The minimum absolute atomic E-state index is 0. The molecule has 1 fully saturated rings. The molecule has 0 bridgehead atoms. The molecule has 0 saturated carbocycles. The molecule has 0 spiro atoms. The van der Waals surface area contributed by atoms with E-state index in [1.807, 2.05) is 0 Å². The molecule has 0 amide bonds. The molecule has 34 heavy (non-hydrogen) atoms. The molecule has 1 aromatic rings. The van der Waals surface area contributed by atoms with Gasteiger partial charge in [-0.1, -0.05) is 121 Å². The van der Waals surface area contributed by atoms with Gasteiger partial charge in [-0.25, -0.2) is 4.79 Å². The van der Waals surface area contributed by atoms with Crippen LogP contribution < -0.4 is 34.7 Å². The number of unbranched alkanes of at least 4 members (excludes halogenated alkanes) is 15. The van der Waals surface area contributed by atoms with E-state index in [0.29, 0.717) is 6.61 Å². The molecule has 0 unspecified atom stereocenters. The summed E-state index contributed by atoms with van der Waals surface area (Å²) in [5.74, 6) is -1.94. The van der Waals surface area contributed by atoms with E-state index in [2.05, 4.69) is 11.7 Å². The van der Waals surface area contributed by atoms with Gasteiger partial charge in [0.15, 0.2) is 0 Å². The first kappa shape index (κ1) is 33.1. The zero-order valence-electron chi connectivity index (χ0n) is 21.8. The van der Waals surface area contributed by atoms with Crippen LogP contribution in [0.5, 0.6) is 0 Å². The molecule has 0 radical (unpaired) electrons. The van der Waals surface area contributed by atoms with E-state index in [1.54, 1.807) is 12.1 Å². The van der Waals surface area contributed by atoms with Crippen LogP contribution in [-0.4, -0.2) is 31.8 Å². The molecule has 6 heteroatoms. The second-order valence-electron chi connectivity index (χ2n) is 8.88. The second kappa shape index (κ2) is 23.8. The van der Waals surface area contributed by atoms with E-state index in [4.69, 9.17) is 4.74 Å². The smallest absolute Gasteiger partial charge is 0.545 e. The second-order valence-corrected chi connectivity index (χ2v) is 8.88. The number of benzene rings is 1. The van der Waals surface area contributed by atoms with Crippen LogP contribution in [0.15, 0.2) is 24.3 Å². The van der Waals surface area contributed by atoms with Crippen molar-refractivity contribution in [2.75, 3.05) is 19.8 Å². The molecule has 5 nitrogen and oxygen atoms in total. The summed E-state index contributed by atoms with van der Waals surface area (Å²) >= 11 is 0. The van der Waals surface area contributed by atoms with E-state index < -0.39 is 11.9 Å². The molecular formula is C28H45NaO5. The van der Waals surface area contributed by atoms with Crippen LogP contribution in [0.2, 0.25) is 0 Å². The Balaban J connectivity index is 0.00000251. The number of esters is 1. The molecule has 1 aromatic carbocycles. The van der Waals surface area contributed by atoms with Crippen LogP contribution in [-0.2, 0) is 9.47 Å². The number of aromatic carboxylic acids is 1. The zero-order valence-corrected chi connectivity index (χ0v) is 23.8. The summed E-state index contributed by atoms with van der Waals surface area (Å²) in [6.07, 6.45) is 20.7. The number of hydrogen-bond acceptors (Lipinski definition) is 5. The van der Waals surface area contributed by atoms with Gasteiger partial charge in [-0.05, 0) is 12.5 Å². The van der Waals surface area contributed by atoms with Gasteiger partial charge in [0.2, 0.25) is 0 Å². The molecule has 188 valence electrons. The van der Waals surface area contributed by atoms with Gasteiger partial charge in [0.05, 0.1) is 31.4 Å². The summed E-state index contributed by atoms with van der Waals surface area (Å²) in [5.41, 5.74) is -0.0523. The predicted molar refractivity (Wildman–Crippen MR) is 131 cm³/mol. The number of carbonyl (C=O) groups excluding carboxylic acids is 2. The van der Waals surface area contributed by atoms with Crippen molar-refractivity contribution in [2.24, 2.45) is 0 Å². The number of hydrogen-bond donors (Lipinski definition) is 0. The zero-order chi connectivity index (χ0) is 24.0. The number of rotatable bonds is 19. The summed E-state index contributed by atoms with van der Waals surface area (Å²) in [4.78, 5) is 23.1. The summed E-state index contributed by atoms with van der Waals surface area (Å²) < 4.78 is 9.71. The summed E-state index contributed by atoms with van der Waals surface area (Å²) in [7, 11) is 0. The minimum atomic E-state index is -1.36. The Bertz CT molecular complexity index is 630. The van der Waals surface area contributed by atoms with Crippen molar-refractivity contribution in [1.82, 2.24) is 0 Å². The van der Waals surface area contributed by atoms with Gasteiger partial charge >= 0.3 is 35.5 Å². The van der Waals surface area contributed by atoms with Gasteiger partial charge in [-0.3, -0.25) is 0 Å². The monoisotopic (exact) mass is 484 g/mol. The Kier molecular flexibility index (Phi) is 23.2. The molecule has 1 aliphatic rings. The van der Waals surface area contributed by atoms with E-state index in [0.717, 1.165) is 32.5 Å². The Labute approximate surface area is 229 Å². The summed E-state index contributed by atoms with van der Waals surface area (Å²) in [5, 5.41) is 11.0. The summed E-state index contributed by atoms with van der Waals surface area (Å²) in [6.45, 7) is 4.60. The van der Waals surface area contributed by atoms with E-state index in [1.165, 1.54) is 95.6 Å². The third-order valence-electron chi connectivity index (χ3n) is 5.80. The molecule has 0 aliphatic carbocycles.